The fourth-order valence-corrected chi connectivity index (χ4v) is 4.05. The van der Waals surface area contributed by atoms with E-state index in [4.69, 9.17) is 0 Å². The maximum atomic E-state index is 11.9. The highest BCUT2D eigenvalue weighted by atomic mass is 16.3. The number of benzene rings is 1. The van der Waals surface area contributed by atoms with Crippen molar-refractivity contribution in [1.82, 2.24) is 34.4 Å². The van der Waals surface area contributed by atoms with Crippen LogP contribution in [0, 0.1) is 6.92 Å². The molecular weight excluding hydrogens is 458 g/mol. The molecule has 0 atom stereocenters. The Labute approximate surface area is 208 Å². The first-order valence-corrected chi connectivity index (χ1v) is 11.5. The number of β-amino-alcohol motifs (C(OH)–C–C–N with tert-alkyl or cyclic N) is 1. The second-order valence-electron chi connectivity index (χ2n) is 8.79. The van der Waals surface area contributed by atoms with E-state index >= 15 is 0 Å². The van der Waals surface area contributed by atoms with Crippen LogP contribution in [0.1, 0.15) is 11.3 Å². The molecule has 3 aromatic heterocycles. The highest BCUT2D eigenvalue weighted by Crippen LogP contribution is 2.28. The molecule has 1 aliphatic heterocycles. The summed E-state index contributed by atoms with van der Waals surface area (Å²) >= 11 is 0. The van der Waals surface area contributed by atoms with Gasteiger partial charge in [0.25, 0.3) is 0 Å². The molecule has 1 fully saturated rings. The number of aryl methyl sites for hydroxylation is 2. The van der Waals surface area contributed by atoms with Gasteiger partial charge in [-0.25, -0.2) is 9.67 Å². The van der Waals surface area contributed by atoms with Crippen molar-refractivity contribution in [2.45, 2.75) is 19.6 Å². The van der Waals surface area contributed by atoms with E-state index in [9.17, 15) is 9.90 Å². The van der Waals surface area contributed by atoms with Crippen molar-refractivity contribution in [3.05, 3.63) is 73.0 Å². The van der Waals surface area contributed by atoms with Crippen LogP contribution in [-0.2, 0) is 18.4 Å². The normalized spacial score (nSPS) is 13.9. The van der Waals surface area contributed by atoms with Gasteiger partial charge in [0.1, 0.15) is 0 Å². The summed E-state index contributed by atoms with van der Waals surface area (Å²) in [5.74, 6) is 0.701. The maximum absolute atomic E-state index is 11.9. The maximum Gasteiger partial charge on any atom is 0.247 e. The lowest BCUT2D eigenvalue weighted by Gasteiger charge is -2.35. The van der Waals surface area contributed by atoms with E-state index in [2.05, 4.69) is 42.3 Å². The van der Waals surface area contributed by atoms with Gasteiger partial charge in [-0.05, 0) is 36.8 Å². The van der Waals surface area contributed by atoms with Crippen LogP contribution in [0.4, 0.5) is 17.3 Å². The highest BCUT2D eigenvalue weighted by molar-refractivity contribution is 5.99. The van der Waals surface area contributed by atoms with Gasteiger partial charge in [-0.15, -0.1) is 0 Å². The Morgan fingerprint density at radius 1 is 1.22 bits per heavy atom. The molecule has 4 aromatic rings. The zero-order valence-corrected chi connectivity index (χ0v) is 20.1. The number of likely N-dealkylation sites (tertiary alicyclic amines) is 1. The number of nitrogens with one attached hydrogen (secondary N) is 2. The summed E-state index contributed by atoms with van der Waals surface area (Å²) in [6, 6.07) is 7.39. The number of carbonyl (C=O) groups excluding carboxylic acids is 1. The first-order chi connectivity index (χ1) is 17.4. The average molecular weight is 486 g/mol. The summed E-state index contributed by atoms with van der Waals surface area (Å²) in [6.45, 7) is 7.58. The van der Waals surface area contributed by atoms with Gasteiger partial charge in [0.05, 0.1) is 18.0 Å². The Balaban J connectivity index is 1.40. The van der Waals surface area contributed by atoms with E-state index in [1.165, 1.54) is 6.08 Å². The third-order valence-corrected chi connectivity index (χ3v) is 5.89. The summed E-state index contributed by atoms with van der Waals surface area (Å²) < 4.78 is 3.45. The van der Waals surface area contributed by atoms with Gasteiger partial charge in [0.15, 0.2) is 5.82 Å². The molecule has 11 heteroatoms. The van der Waals surface area contributed by atoms with Gasteiger partial charge in [0, 0.05) is 73.8 Å². The number of hydrogen-bond donors (Lipinski definition) is 3. The number of aliphatic hydroxyl groups excluding tert-OH is 1. The first-order valence-electron chi connectivity index (χ1n) is 11.5. The van der Waals surface area contributed by atoms with Crippen LogP contribution < -0.4 is 10.6 Å². The van der Waals surface area contributed by atoms with Gasteiger partial charge in [-0.1, -0.05) is 6.58 Å². The Bertz CT molecular complexity index is 1420. The lowest BCUT2D eigenvalue weighted by molar-refractivity contribution is -0.111. The van der Waals surface area contributed by atoms with Gasteiger partial charge in [-0.3, -0.25) is 14.4 Å². The second kappa shape index (κ2) is 9.72. The standard InChI is InChI=1S/C25H27N9O2/c1-4-24(36)28-20-7-17(18-10-27-32(3)11-18)8-21(9-20)29-25-26-6-5-23(30-25)34-13-19(16(2)31-34)12-33-14-22(35)15-33/h4-11,13,22,35H,1,12,14-15H2,2-3H3,(H,28,36)(H,26,29,30). The lowest BCUT2D eigenvalue weighted by atomic mass is 10.1. The Hall–Kier alpha value is -4.35. The van der Waals surface area contributed by atoms with Crippen LogP contribution in [0.25, 0.3) is 16.9 Å². The zero-order valence-electron chi connectivity index (χ0n) is 20.1. The molecule has 1 saturated heterocycles. The smallest absolute Gasteiger partial charge is 0.247 e. The molecule has 0 saturated carbocycles. The summed E-state index contributed by atoms with van der Waals surface area (Å²) in [5.41, 5.74) is 5.06. The Morgan fingerprint density at radius 2 is 2.03 bits per heavy atom. The van der Waals surface area contributed by atoms with E-state index < -0.39 is 0 Å². The molecule has 5 rings (SSSR count). The third-order valence-electron chi connectivity index (χ3n) is 5.89. The summed E-state index contributed by atoms with van der Waals surface area (Å²) in [6.07, 6.45) is 8.26. The minimum atomic E-state index is -0.305. The predicted octanol–water partition coefficient (Wildman–Crippen LogP) is 2.42. The SMILES string of the molecule is C=CC(=O)Nc1cc(Nc2nccc(-n3cc(CN4CC(O)C4)c(C)n3)n2)cc(-c2cnn(C)c2)c1. The molecule has 36 heavy (non-hydrogen) atoms. The number of carbonyl (C=O) groups is 1. The summed E-state index contributed by atoms with van der Waals surface area (Å²) in [5, 5.41) is 24.4. The van der Waals surface area contributed by atoms with Crippen LogP contribution in [-0.4, -0.2) is 64.6 Å². The van der Waals surface area contributed by atoms with Crippen molar-refractivity contribution >= 4 is 23.2 Å². The fraction of sp³-hybridized carbons (Fsp3) is 0.240. The number of rotatable bonds is 8. The van der Waals surface area contributed by atoms with E-state index in [-0.39, 0.29) is 12.0 Å². The highest BCUT2D eigenvalue weighted by Gasteiger charge is 2.25. The molecule has 1 amide bonds. The van der Waals surface area contributed by atoms with Gasteiger partial charge in [0.2, 0.25) is 11.9 Å². The number of aromatic nitrogens is 6. The molecule has 0 unspecified atom stereocenters. The number of hydrogen-bond acceptors (Lipinski definition) is 8. The van der Waals surface area contributed by atoms with Crippen LogP contribution in [0.5, 0.6) is 0 Å². The number of nitrogens with zero attached hydrogens (tertiary/aromatic N) is 7. The monoisotopic (exact) mass is 485 g/mol. The molecule has 4 heterocycles. The van der Waals surface area contributed by atoms with E-state index in [0.717, 1.165) is 28.9 Å². The number of amides is 1. The van der Waals surface area contributed by atoms with Gasteiger partial charge in [-0.2, -0.15) is 15.2 Å². The average Bonchev–Trinajstić information content (AvgIpc) is 3.43. The summed E-state index contributed by atoms with van der Waals surface area (Å²) in [7, 11) is 1.85. The van der Waals surface area contributed by atoms with Crippen molar-refractivity contribution < 1.29 is 9.90 Å². The fourth-order valence-electron chi connectivity index (χ4n) is 4.05. The minimum Gasteiger partial charge on any atom is -0.390 e. The summed E-state index contributed by atoms with van der Waals surface area (Å²) in [4.78, 5) is 23.1. The van der Waals surface area contributed by atoms with Crippen LogP contribution in [0.2, 0.25) is 0 Å². The largest absolute Gasteiger partial charge is 0.390 e. The second-order valence-corrected chi connectivity index (χ2v) is 8.79. The molecule has 1 aliphatic rings. The minimum absolute atomic E-state index is 0.238. The van der Waals surface area contributed by atoms with Gasteiger partial charge < -0.3 is 15.7 Å². The van der Waals surface area contributed by atoms with Crippen LogP contribution >= 0.6 is 0 Å². The molecule has 0 spiro atoms. The number of aliphatic hydroxyl groups is 1. The molecule has 0 bridgehead atoms. The lowest BCUT2D eigenvalue weighted by Crippen LogP contribution is -2.49. The third kappa shape index (κ3) is 5.16. The molecule has 0 radical (unpaired) electrons. The molecule has 184 valence electrons. The van der Waals surface area contributed by atoms with Crippen molar-refractivity contribution in [3.63, 3.8) is 0 Å². The predicted molar refractivity (Wildman–Crippen MR) is 136 cm³/mol. The molecule has 1 aromatic carbocycles. The molecule has 3 N–H and O–H groups in total. The quantitative estimate of drug-likeness (QED) is 0.325. The molecular formula is C25H27N9O2. The zero-order chi connectivity index (χ0) is 25.2. The Kier molecular flexibility index (Phi) is 6.32. The van der Waals surface area contributed by atoms with Gasteiger partial charge >= 0.3 is 0 Å². The number of anilines is 3. The topological polar surface area (TPSA) is 126 Å². The van der Waals surface area contributed by atoms with E-state index in [1.807, 2.05) is 38.5 Å². The molecule has 0 aliphatic carbocycles. The van der Waals surface area contributed by atoms with Crippen LogP contribution in [0.15, 0.2) is 61.7 Å². The van der Waals surface area contributed by atoms with Crippen LogP contribution in [0.3, 0.4) is 0 Å². The van der Waals surface area contributed by atoms with Crippen molar-refractivity contribution in [2.75, 3.05) is 23.7 Å². The molecule has 11 nitrogen and oxygen atoms in total. The van der Waals surface area contributed by atoms with E-state index in [1.54, 1.807) is 33.9 Å². The Morgan fingerprint density at radius 3 is 2.75 bits per heavy atom. The van der Waals surface area contributed by atoms with E-state index in [0.29, 0.717) is 36.2 Å². The van der Waals surface area contributed by atoms with Crippen molar-refractivity contribution in [3.8, 4) is 16.9 Å². The van der Waals surface area contributed by atoms with Crippen molar-refractivity contribution in [2.24, 2.45) is 7.05 Å². The first kappa shape index (κ1) is 23.4. The van der Waals surface area contributed by atoms with Crippen molar-refractivity contribution in [1.29, 1.82) is 0 Å².